The number of ether oxygens (including phenoxy) is 2. The van der Waals surface area contributed by atoms with Crippen LogP contribution in [0.2, 0.25) is 0 Å². The molecule has 4 heteroatoms. The van der Waals surface area contributed by atoms with E-state index in [0.29, 0.717) is 22.9 Å². The largest absolute Gasteiger partial charge is 0.455 e. The van der Waals surface area contributed by atoms with Crippen molar-refractivity contribution < 1.29 is 9.47 Å². The first-order valence-corrected chi connectivity index (χ1v) is 6.72. The molecule has 0 amide bonds. The van der Waals surface area contributed by atoms with Crippen molar-refractivity contribution in [3.8, 4) is 11.5 Å². The normalized spacial score (nSPS) is 10.5. The third kappa shape index (κ3) is 4.09. The van der Waals surface area contributed by atoms with Gasteiger partial charge in [0.2, 0.25) is 6.29 Å². The van der Waals surface area contributed by atoms with Gasteiger partial charge in [-0.15, -0.1) is 0 Å². The van der Waals surface area contributed by atoms with Crippen molar-refractivity contribution in [3.05, 3.63) is 48.5 Å². The van der Waals surface area contributed by atoms with E-state index in [-0.39, 0.29) is 6.29 Å². The van der Waals surface area contributed by atoms with Crippen LogP contribution in [0.15, 0.2) is 48.5 Å². The number of rotatable bonds is 6. The maximum atomic E-state index is 5.84. The van der Waals surface area contributed by atoms with Crippen molar-refractivity contribution in [2.24, 2.45) is 0 Å². The van der Waals surface area contributed by atoms with Crippen molar-refractivity contribution in [1.29, 1.82) is 0 Å². The first-order valence-electron chi connectivity index (χ1n) is 6.72. The minimum Gasteiger partial charge on any atom is -0.455 e. The number of nitrogen functional groups attached to an aromatic ring is 2. The topological polar surface area (TPSA) is 70.5 Å². The van der Waals surface area contributed by atoms with Gasteiger partial charge in [0.15, 0.2) is 0 Å². The highest BCUT2D eigenvalue weighted by molar-refractivity contribution is 5.44. The molecule has 0 aliphatic rings. The molecular weight excluding hydrogens is 252 g/mol. The minimum absolute atomic E-state index is 0.358. The van der Waals surface area contributed by atoms with Gasteiger partial charge >= 0.3 is 0 Å². The fraction of sp³-hybridized carbons (Fsp3) is 0.250. The summed E-state index contributed by atoms with van der Waals surface area (Å²) in [4.78, 5) is 0. The van der Waals surface area contributed by atoms with E-state index in [1.165, 1.54) is 0 Å². The zero-order chi connectivity index (χ0) is 14.4. The molecule has 2 aromatic rings. The van der Waals surface area contributed by atoms with Gasteiger partial charge in [-0.2, -0.15) is 0 Å². The lowest BCUT2D eigenvalue weighted by atomic mass is 10.3. The van der Waals surface area contributed by atoms with Crippen LogP contribution in [0.5, 0.6) is 11.5 Å². The second kappa shape index (κ2) is 6.70. The maximum absolute atomic E-state index is 5.84. The van der Waals surface area contributed by atoms with Gasteiger partial charge in [0, 0.05) is 29.9 Å². The highest BCUT2D eigenvalue weighted by atomic mass is 16.7. The molecule has 0 atom stereocenters. The van der Waals surface area contributed by atoms with Crippen molar-refractivity contribution in [2.45, 2.75) is 26.1 Å². The van der Waals surface area contributed by atoms with Crippen molar-refractivity contribution in [3.63, 3.8) is 0 Å². The molecule has 4 N–H and O–H groups in total. The molecule has 2 rings (SSSR count). The van der Waals surface area contributed by atoms with E-state index in [1.807, 2.05) is 36.4 Å². The zero-order valence-electron chi connectivity index (χ0n) is 11.6. The Balaban J connectivity index is 2.07. The predicted molar refractivity (Wildman–Crippen MR) is 81.7 cm³/mol. The van der Waals surface area contributed by atoms with Gasteiger partial charge in [-0.3, -0.25) is 0 Å². The number of nitrogens with two attached hydrogens (primary N) is 2. The smallest absolute Gasteiger partial charge is 0.241 e. The summed E-state index contributed by atoms with van der Waals surface area (Å²) >= 11 is 0. The first-order chi connectivity index (χ1) is 9.67. The molecule has 0 fully saturated rings. The monoisotopic (exact) mass is 272 g/mol. The molecule has 0 radical (unpaired) electrons. The Kier molecular flexibility index (Phi) is 4.71. The van der Waals surface area contributed by atoms with E-state index < -0.39 is 0 Å². The van der Waals surface area contributed by atoms with Crippen LogP contribution in [0.3, 0.4) is 0 Å². The Hall–Kier alpha value is -2.36. The third-order valence-electron chi connectivity index (χ3n) is 2.78. The van der Waals surface area contributed by atoms with Crippen LogP contribution >= 0.6 is 0 Å². The van der Waals surface area contributed by atoms with Gasteiger partial charge < -0.3 is 20.9 Å². The number of benzene rings is 2. The Bertz CT molecular complexity index is 510. The second-order valence-corrected chi connectivity index (χ2v) is 4.60. The molecule has 0 aromatic heterocycles. The Morgan fingerprint density at radius 3 is 1.80 bits per heavy atom. The van der Waals surface area contributed by atoms with Crippen molar-refractivity contribution in [2.75, 3.05) is 11.5 Å². The summed E-state index contributed by atoms with van der Waals surface area (Å²) in [6, 6.07) is 14.6. The molecule has 4 nitrogen and oxygen atoms in total. The molecular formula is C16H20N2O2. The van der Waals surface area contributed by atoms with Crippen LogP contribution < -0.4 is 20.9 Å². The molecule has 0 spiro atoms. The number of hydrogen-bond acceptors (Lipinski definition) is 4. The molecule has 0 saturated carbocycles. The molecule has 106 valence electrons. The highest BCUT2D eigenvalue weighted by Crippen LogP contribution is 2.21. The van der Waals surface area contributed by atoms with E-state index in [0.717, 1.165) is 12.8 Å². The third-order valence-corrected chi connectivity index (χ3v) is 2.78. The lowest BCUT2D eigenvalue weighted by Crippen LogP contribution is -2.23. The van der Waals surface area contributed by atoms with Crippen LogP contribution in [0.1, 0.15) is 19.8 Å². The summed E-state index contributed by atoms with van der Waals surface area (Å²) in [6.07, 6.45) is 1.38. The molecule has 2 aromatic carbocycles. The molecule has 20 heavy (non-hydrogen) atoms. The van der Waals surface area contributed by atoms with E-state index >= 15 is 0 Å². The fourth-order valence-corrected chi connectivity index (χ4v) is 1.86. The highest BCUT2D eigenvalue weighted by Gasteiger charge is 2.11. The molecule has 0 saturated heterocycles. The average molecular weight is 272 g/mol. The summed E-state index contributed by atoms with van der Waals surface area (Å²) < 4.78 is 11.7. The van der Waals surface area contributed by atoms with Gasteiger partial charge in [-0.1, -0.05) is 19.1 Å². The van der Waals surface area contributed by atoms with Crippen LogP contribution in [0.25, 0.3) is 0 Å². The van der Waals surface area contributed by atoms with Gasteiger partial charge in [0.1, 0.15) is 11.5 Å². The maximum Gasteiger partial charge on any atom is 0.241 e. The standard InChI is InChI=1S/C16H20N2O2/c1-2-5-16(19-14-8-3-6-12(17)10-14)20-15-9-4-7-13(18)11-15/h3-4,6-11,16H,2,5,17-18H2,1H3. The molecule has 0 aliphatic heterocycles. The van der Waals surface area contributed by atoms with Gasteiger partial charge in [0.25, 0.3) is 0 Å². The zero-order valence-corrected chi connectivity index (χ0v) is 11.6. The second-order valence-electron chi connectivity index (χ2n) is 4.60. The molecule has 0 heterocycles. The Morgan fingerprint density at radius 2 is 1.40 bits per heavy atom. The fourth-order valence-electron chi connectivity index (χ4n) is 1.86. The SMILES string of the molecule is CCCC(Oc1cccc(N)c1)Oc1cccc(N)c1. The summed E-state index contributed by atoms with van der Waals surface area (Å²) in [6.45, 7) is 2.08. The average Bonchev–Trinajstić information content (AvgIpc) is 2.39. The van der Waals surface area contributed by atoms with Crippen molar-refractivity contribution in [1.82, 2.24) is 0 Å². The number of hydrogen-bond donors (Lipinski definition) is 2. The Morgan fingerprint density at radius 1 is 0.900 bits per heavy atom. The van der Waals surface area contributed by atoms with E-state index in [4.69, 9.17) is 20.9 Å². The van der Waals surface area contributed by atoms with Crippen LogP contribution in [-0.4, -0.2) is 6.29 Å². The predicted octanol–water partition coefficient (Wildman–Crippen LogP) is 3.44. The lowest BCUT2D eigenvalue weighted by molar-refractivity contribution is -0.000933. The van der Waals surface area contributed by atoms with Crippen LogP contribution in [0, 0.1) is 0 Å². The minimum atomic E-state index is -0.358. The first kappa shape index (κ1) is 14.1. The van der Waals surface area contributed by atoms with Crippen LogP contribution in [0.4, 0.5) is 11.4 Å². The van der Waals surface area contributed by atoms with Crippen molar-refractivity contribution >= 4 is 11.4 Å². The van der Waals surface area contributed by atoms with Gasteiger partial charge in [0.05, 0.1) is 0 Å². The molecule has 0 unspecified atom stereocenters. The summed E-state index contributed by atoms with van der Waals surface area (Å²) in [5.41, 5.74) is 12.8. The van der Waals surface area contributed by atoms with E-state index in [2.05, 4.69) is 6.92 Å². The van der Waals surface area contributed by atoms with Gasteiger partial charge in [-0.25, -0.2) is 0 Å². The summed E-state index contributed by atoms with van der Waals surface area (Å²) in [5.74, 6) is 1.40. The Labute approximate surface area is 119 Å². The molecule has 0 bridgehead atoms. The lowest BCUT2D eigenvalue weighted by Gasteiger charge is -2.20. The molecule has 0 aliphatic carbocycles. The summed E-state index contributed by atoms with van der Waals surface area (Å²) in [5, 5.41) is 0. The quantitative estimate of drug-likeness (QED) is 0.624. The number of anilines is 2. The van der Waals surface area contributed by atoms with E-state index in [1.54, 1.807) is 12.1 Å². The van der Waals surface area contributed by atoms with Crippen LogP contribution in [-0.2, 0) is 0 Å². The summed E-state index contributed by atoms with van der Waals surface area (Å²) in [7, 11) is 0. The van der Waals surface area contributed by atoms with Gasteiger partial charge in [-0.05, 0) is 30.7 Å². The van der Waals surface area contributed by atoms with E-state index in [9.17, 15) is 0 Å².